The van der Waals surface area contributed by atoms with E-state index in [4.69, 9.17) is 9.47 Å². The summed E-state index contributed by atoms with van der Waals surface area (Å²) in [6.45, 7) is 7.12. The van der Waals surface area contributed by atoms with Crippen molar-refractivity contribution >= 4 is 6.09 Å². The highest BCUT2D eigenvalue weighted by molar-refractivity contribution is 5.68. The van der Waals surface area contributed by atoms with Crippen LogP contribution in [0.3, 0.4) is 0 Å². The van der Waals surface area contributed by atoms with Crippen molar-refractivity contribution in [3.63, 3.8) is 0 Å². The van der Waals surface area contributed by atoms with Gasteiger partial charge in [-0.2, -0.15) is 0 Å². The minimum atomic E-state index is -0.487. The van der Waals surface area contributed by atoms with Gasteiger partial charge in [-0.05, 0) is 26.3 Å². The predicted molar refractivity (Wildman–Crippen MR) is 75.0 cm³/mol. The topological polar surface area (TPSA) is 38.8 Å². The van der Waals surface area contributed by atoms with Gasteiger partial charge in [-0.1, -0.05) is 30.3 Å². The highest BCUT2D eigenvalue weighted by Crippen LogP contribution is 2.12. The van der Waals surface area contributed by atoms with E-state index in [1.54, 1.807) is 12.0 Å². The first-order valence-electron chi connectivity index (χ1n) is 6.43. The Kier molecular flexibility index (Phi) is 5.83. The van der Waals surface area contributed by atoms with Crippen LogP contribution >= 0.6 is 0 Å². The number of ether oxygens (including phenoxy) is 2. The third-order valence-corrected chi connectivity index (χ3v) is 2.43. The average molecular weight is 265 g/mol. The first kappa shape index (κ1) is 15.5. The van der Waals surface area contributed by atoms with Gasteiger partial charge in [0.2, 0.25) is 0 Å². The molecular formula is C15H23NO3. The third-order valence-electron chi connectivity index (χ3n) is 2.43. The maximum atomic E-state index is 12.1. The largest absolute Gasteiger partial charge is 0.444 e. The maximum Gasteiger partial charge on any atom is 0.410 e. The summed E-state index contributed by atoms with van der Waals surface area (Å²) in [4.78, 5) is 13.8. The standard InChI is InChI=1S/C15H23NO3/c1-15(2,3)19-14(17)16(10-11-18-4)12-13-8-6-5-7-9-13/h5-9H,10-12H2,1-4H3. The Balaban J connectivity index is 2.68. The molecule has 1 amide bonds. The van der Waals surface area contributed by atoms with Crippen LogP contribution in [0.5, 0.6) is 0 Å². The van der Waals surface area contributed by atoms with Gasteiger partial charge in [0.1, 0.15) is 5.60 Å². The van der Waals surface area contributed by atoms with E-state index >= 15 is 0 Å². The molecule has 1 aromatic carbocycles. The van der Waals surface area contributed by atoms with Gasteiger partial charge in [-0.3, -0.25) is 0 Å². The number of methoxy groups -OCH3 is 1. The first-order chi connectivity index (χ1) is 8.92. The molecule has 4 nitrogen and oxygen atoms in total. The molecule has 4 heteroatoms. The summed E-state index contributed by atoms with van der Waals surface area (Å²) >= 11 is 0. The fraction of sp³-hybridized carbons (Fsp3) is 0.533. The van der Waals surface area contributed by atoms with Gasteiger partial charge >= 0.3 is 6.09 Å². The van der Waals surface area contributed by atoms with Gasteiger partial charge in [0.05, 0.1) is 6.61 Å². The van der Waals surface area contributed by atoms with Crippen LogP contribution < -0.4 is 0 Å². The van der Waals surface area contributed by atoms with Crippen molar-refractivity contribution in [3.8, 4) is 0 Å². The van der Waals surface area contributed by atoms with E-state index in [1.807, 2.05) is 51.1 Å². The Hall–Kier alpha value is -1.55. The second-order valence-electron chi connectivity index (χ2n) is 5.38. The summed E-state index contributed by atoms with van der Waals surface area (Å²) in [6, 6.07) is 9.85. The molecule has 0 radical (unpaired) electrons. The second kappa shape index (κ2) is 7.14. The number of benzene rings is 1. The molecule has 106 valence electrons. The normalized spacial score (nSPS) is 11.2. The van der Waals surface area contributed by atoms with Crippen molar-refractivity contribution in [3.05, 3.63) is 35.9 Å². The number of carbonyl (C=O) groups is 1. The molecule has 0 aromatic heterocycles. The highest BCUT2D eigenvalue weighted by atomic mass is 16.6. The van der Waals surface area contributed by atoms with Crippen molar-refractivity contribution in [1.82, 2.24) is 4.90 Å². The molecule has 1 rings (SSSR count). The van der Waals surface area contributed by atoms with Gasteiger partial charge in [-0.25, -0.2) is 4.79 Å². The van der Waals surface area contributed by atoms with Gasteiger partial charge in [0.15, 0.2) is 0 Å². The molecule has 0 aliphatic heterocycles. The lowest BCUT2D eigenvalue weighted by molar-refractivity contribution is 0.0184. The molecular weight excluding hydrogens is 242 g/mol. The number of amides is 1. The van der Waals surface area contributed by atoms with Gasteiger partial charge in [0, 0.05) is 20.2 Å². The minimum Gasteiger partial charge on any atom is -0.444 e. The summed E-state index contributed by atoms with van der Waals surface area (Å²) in [5.74, 6) is 0. The number of hydrogen-bond donors (Lipinski definition) is 0. The molecule has 0 saturated heterocycles. The molecule has 0 aliphatic rings. The van der Waals surface area contributed by atoms with Gasteiger partial charge in [0.25, 0.3) is 0 Å². The van der Waals surface area contributed by atoms with Crippen LogP contribution in [0.15, 0.2) is 30.3 Å². The Morgan fingerprint density at radius 3 is 2.37 bits per heavy atom. The monoisotopic (exact) mass is 265 g/mol. The zero-order valence-electron chi connectivity index (χ0n) is 12.2. The van der Waals surface area contributed by atoms with Crippen LogP contribution in [0.1, 0.15) is 26.3 Å². The second-order valence-corrected chi connectivity index (χ2v) is 5.38. The molecule has 0 saturated carbocycles. The van der Waals surface area contributed by atoms with Crippen LogP contribution in [0.25, 0.3) is 0 Å². The predicted octanol–water partition coefficient (Wildman–Crippen LogP) is 3.07. The summed E-state index contributed by atoms with van der Waals surface area (Å²) < 4.78 is 10.4. The first-order valence-corrected chi connectivity index (χ1v) is 6.43. The fourth-order valence-corrected chi connectivity index (χ4v) is 1.57. The highest BCUT2D eigenvalue weighted by Gasteiger charge is 2.21. The molecule has 0 bridgehead atoms. The third kappa shape index (κ3) is 6.25. The van der Waals surface area contributed by atoms with E-state index < -0.39 is 5.60 Å². The van der Waals surface area contributed by atoms with Gasteiger partial charge in [-0.15, -0.1) is 0 Å². The minimum absolute atomic E-state index is 0.312. The van der Waals surface area contributed by atoms with E-state index in [2.05, 4.69) is 0 Å². The number of hydrogen-bond acceptors (Lipinski definition) is 3. The van der Waals surface area contributed by atoms with Crippen molar-refractivity contribution in [2.24, 2.45) is 0 Å². The van der Waals surface area contributed by atoms with Crippen molar-refractivity contribution in [2.45, 2.75) is 32.9 Å². The fourth-order valence-electron chi connectivity index (χ4n) is 1.57. The van der Waals surface area contributed by atoms with Crippen LogP contribution in [0.4, 0.5) is 4.79 Å². The van der Waals surface area contributed by atoms with E-state index in [1.165, 1.54) is 0 Å². The smallest absolute Gasteiger partial charge is 0.410 e. The molecule has 0 unspecified atom stereocenters. The zero-order chi connectivity index (χ0) is 14.3. The van der Waals surface area contributed by atoms with E-state index in [0.29, 0.717) is 19.7 Å². The lowest BCUT2D eigenvalue weighted by Gasteiger charge is -2.27. The summed E-state index contributed by atoms with van der Waals surface area (Å²) in [5.41, 5.74) is 0.587. The molecule has 0 heterocycles. The van der Waals surface area contributed by atoms with E-state index in [-0.39, 0.29) is 6.09 Å². The number of nitrogens with zero attached hydrogens (tertiary/aromatic N) is 1. The van der Waals surface area contributed by atoms with Crippen LogP contribution in [0, 0.1) is 0 Å². The Labute approximate surface area is 115 Å². The maximum absolute atomic E-state index is 12.1. The molecule has 1 aromatic rings. The molecule has 0 fully saturated rings. The van der Waals surface area contributed by atoms with E-state index in [0.717, 1.165) is 5.56 Å². The molecule has 0 N–H and O–H groups in total. The van der Waals surface area contributed by atoms with Crippen LogP contribution in [-0.4, -0.2) is 36.9 Å². The summed E-state index contributed by atoms with van der Waals surface area (Å²) in [6.07, 6.45) is -0.312. The lowest BCUT2D eigenvalue weighted by atomic mass is 10.2. The average Bonchev–Trinajstić information content (AvgIpc) is 2.33. The number of carbonyl (C=O) groups excluding carboxylic acids is 1. The van der Waals surface area contributed by atoms with Crippen LogP contribution in [0.2, 0.25) is 0 Å². The molecule has 0 spiro atoms. The SMILES string of the molecule is COCCN(Cc1ccccc1)C(=O)OC(C)(C)C. The Morgan fingerprint density at radius 1 is 1.21 bits per heavy atom. The van der Waals surface area contributed by atoms with Crippen molar-refractivity contribution < 1.29 is 14.3 Å². The van der Waals surface area contributed by atoms with Crippen molar-refractivity contribution in [1.29, 1.82) is 0 Å². The quantitative estimate of drug-likeness (QED) is 0.821. The summed E-state index contributed by atoms with van der Waals surface area (Å²) in [5, 5.41) is 0. The zero-order valence-corrected chi connectivity index (χ0v) is 12.2. The Bertz CT molecular complexity index is 384. The van der Waals surface area contributed by atoms with Crippen LogP contribution in [-0.2, 0) is 16.0 Å². The lowest BCUT2D eigenvalue weighted by Crippen LogP contribution is -2.38. The summed E-state index contributed by atoms with van der Waals surface area (Å²) in [7, 11) is 1.62. The molecule has 0 atom stereocenters. The van der Waals surface area contributed by atoms with E-state index in [9.17, 15) is 4.79 Å². The Morgan fingerprint density at radius 2 is 1.84 bits per heavy atom. The van der Waals surface area contributed by atoms with Crippen molar-refractivity contribution in [2.75, 3.05) is 20.3 Å². The molecule has 19 heavy (non-hydrogen) atoms. The van der Waals surface area contributed by atoms with Gasteiger partial charge < -0.3 is 14.4 Å². The number of rotatable bonds is 5. The molecule has 0 aliphatic carbocycles.